The minimum atomic E-state index is -0.727. The summed E-state index contributed by atoms with van der Waals surface area (Å²) in [6.45, 7) is 12.5. The highest BCUT2D eigenvalue weighted by Crippen LogP contribution is 2.49. The van der Waals surface area contributed by atoms with Gasteiger partial charge < -0.3 is 41.4 Å². The van der Waals surface area contributed by atoms with E-state index in [1.165, 1.54) is 27.5 Å². The lowest BCUT2D eigenvalue weighted by atomic mass is 9.89. The van der Waals surface area contributed by atoms with Crippen LogP contribution in [0.1, 0.15) is 128 Å². The number of carbonyl (C=O) groups is 4. The second-order valence-electron chi connectivity index (χ2n) is 20.8. The Hall–Kier alpha value is -6.58. The molecule has 0 aliphatic carbocycles. The van der Waals surface area contributed by atoms with Crippen molar-refractivity contribution < 1.29 is 37.4 Å². The predicted octanol–water partition coefficient (Wildman–Crippen LogP) is 10.3. The lowest BCUT2D eigenvalue weighted by molar-refractivity contribution is -0.121. The van der Waals surface area contributed by atoms with Gasteiger partial charge in [0.1, 0.15) is 29.0 Å². The van der Waals surface area contributed by atoms with E-state index in [1.54, 1.807) is 70.7 Å². The lowest BCUT2D eigenvalue weighted by Crippen LogP contribution is -2.45. The summed E-state index contributed by atoms with van der Waals surface area (Å²) in [5, 5.41) is 5.84. The van der Waals surface area contributed by atoms with Gasteiger partial charge in [-0.15, -0.1) is 0 Å². The zero-order valence-corrected chi connectivity index (χ0v) is 40.5. The Balaban J connectivity index is 1.05. The minimum absolute atomic E-state index is 0.0498. The molecule has 4 saturated heterocycles. The van der Waals surface area contributed by atoms with Gasteiger partial charge in [-0.2, -0.15) is 0 Å². The molecule has 0 radical (unpaired) electrons. The Morgan fingerprint density at radius 3 is 1.45 bits per heavy atom. The minimum Gasteiger partial charge on any atom is -0.444 e. The van der Waals surface area contributed by atoms with Gasteiger partial charge >= 0.3 is 12.2 Å². The zero-order valence-electron chi connectivity index (χ0n) is 40.5. The Bertz CT molecular complexity index is 2420. The first-order valence-electron chi connectivity index (χ1n) is 24.2. The molecule has 16 heteroatoms. The van der Waals surface area contributed by atoms with Gasteiger partial charge in [-0.25, -0.2) is 18.4 Å². The molecule has 2 unspecified atom stereocenters. The van der Waals surface area contributed by atoms with E-state index < -0.39 is 59.2 Å². The van der Waals surface area contributed by atoms with Gasteiger partial charge in [0.25, 0.3) is 0 Å². The third-order valence-corrected chi connectivity index (χ3v) is 13.6. The highest BCUT2D eigenvalue weighted by molar-refractivity contribution is 6.00. The average molecular weight is 949 g/mol. The normalized spacial score (nSPS) is 21.1. The summed E-state index contributed by atoms with van der Waals surface area (Å²) >= 11 is 0. The Kier molecular flexibility index (Phi) is 14.0. The number of nitrogens with two attached hydrogens (primary N) is 2. The maximum Gasteiger partial charge on any atom is 0.410 e. The maximum absolute atomic E-state index is 16.6. The molecular weight excluding hydrogens is 883 g/mol. The van der Waals surface area contributed by atoms with Crippen molar-refractivity contribution in [1.82, 2.24) is 9.80 Å². The van der Waals surface area contributed by atoms with Crippen molar-refractivity contribution in [1.29, 1.82) is 0 Å². The van der Waals surface area contributed by atoms with E-state index in [2.05, 4.69) is 22.8 Å². The molecule has 0 aromatic heterocycles. The molecule has 368 valence electrons. The summed E-state index contributed by atoms with van der Waals surface area (Å²) < 4.78 is 44.3. The van der Waals surface area contributed by atoms with Crippen molar-refractivity contribution >= 4 is 58.1 Å². The number of hydrogen-bond donors (Lipinski definition) is 4. The highest BCUT2D eigenvalue weighted by Gasteiger charge is 2.40. The molecule has 4 atom stereocenters. The van der Waals surface area contributed by atoms with Crippen molar-refractivity contribution in [3.8, 4) is 0 Å². The van der Waals surface area contributed by atoms with E-state index in [0.717, 1.165) is 24.0 Å². The summed E-state index contributed by atoms with van der Waals surface area (Å²) in [6, 6.07) is 21.4. The summed E-state index contributed by atoms with van der Waals surface area (Å²) in [5.41, 5.74) is 16.3. The Morgan fingerprint density at radius 2 is 1.03 bits per heavy atom. The highest BCUT2D eigenvalue weighted by atomic mass is 19.1. The van der Waals surface area contributed by atoms with Crippen LogP contribution in [0, 0.1) is 11.6 Å². The number of likely N-dealkylation sites (tertiary alicyclic amines) is 2. The number of amides is 4. The molecule has 14 nitrogen and oxygen atoms in total. The number of ether oxygens (including phenoxy) is 2. The Morgan fingerprint density at radius 1 is 0.580 bits per heavy atom. The quantitative estimate of drug-likeness (QED) is 0.118. The number of hydrogen-bond acceptors (Lipinski definition) is 10. The Labute approximate surface area is 403 Å². The van der Waals surface area contributed by atoms with E-state index >= 15 is 8.78 Å². The molecule has 4 aromatic carbocycles. The SMILES string of the molecule is CC(C)(C)OC(=O)N1CCCC1C(=O)Nc1ccc([C@H]2CC[C@H](c3ccc(NC(=O)C4CCCN4C(=O)OC(C)(C)C)c(N)c3)N2c2cc(F)c(N3CCC(c4ccccc4)CC3)c(F)c2)cc1N. The summed E-state index contributed by atoms with van der Waals surface area (Å²) in [7, 11) is 0. The fourth-order valence-corrected chi connectivity index (χ4v) is 10.4. The molecule has 4 fully saturated rings. The van der Waals surface area contributed by atoms with Gasteiger partial charge in [-0.05, 0) is 152 Å². The monoisotopic (exact) mass is 949 g/mol. The van der Waals surface area contributed by atoms with Crippen LogP contribution in [0.4, 0.5) is 52.5 Å². The van der Waals surface area contributed by atoms with Crippen LogP contribution in [0.2, 0.25) is 0 Å². The number of nitrogens with zero attached hydrogens (tertiary/aromatic N) is 4. The van der Waals surface area contributed by atoms with E-state index in [1.807, 2.05) is 35.2 Å². The fraction of sp³-hybridized carbons (Fsp3) is 0.472. The summed E-state index contributed by atoms with van der Waals surface area (Å²) in [6.07, 6.45) is 3.82. The molecule has 69 heavy (non-hydrogen) atoms. The number of carbonyl (C=O) groups excluding carboxylic acids is 4. The van der Waals surface area contributed by atoms with Crippen LogP contribution >= 0.6 is 0 Å². The van der Waals surface area contributed by atoms with Crippen molar-refractivity contribution in [3.05, 3.63) is 107 Å². The number of piperidine rings is 1. The van der Waals surface area contributed by atoms with Crippen molar-refractivity contribution in [2.45, 2.75) is 134 Å². The second-order valence-corrected chi connectivity index (χ2v) is 20.8. The van der Waals surface area contributed by atoms with Crippen LogP contribution < -0.4 is 31.9 Å². The van der Waals surface area contributed by atoms with E-state index in [4.69, 9.17) is 20.9 Å². The van der Waals surface area contributed by atoms with E-state index in [9.17, 15) is 19.2 Å². The number of nitrogens with one attached hydrogen (secondary N) is 2. The first-order valence-corrected chi connectivity index (χ1v) is 24.2. The first-order chi connectivity index (χ1) is 32.7. The number of anilines is 6. The van der Waals surface area contributed by atoms with Crippen LogP contribution in [-0.4, -0.2) is 83.3 Å². The van der Waals surface area contributed by atoms with Crippen LogP contribution in [0.25, 0.3) is 0 Å². The van der Waals surface area contributed by atoms with Gasteiger partial charge in [-0.3, -0.25) is 19.4 Å². The van der Waals surface area contributed by atoms with Gasteiger partial charge in [0, 0.05) is 31.9 Å². The standard InChI is InChI=1S/C53H66F2N8O6/c1-52(2,3)68-50(66)61-24-10-14-45(61)48(64)58-41-18-16-34(28-39(41)56)43-20-21-44(35-17-19-42(40(57)29-35)59-49(65)46-15-11-25-62(46)51(67)69-53(4,5)6)63(43)36-30-37(54)47(38(55)31-36)60-26-22-33(23-27-60)32-12-8-7-9-13-32/h7-9,12-13,16-19,28-31,33,43-46H,10-11,14-15,20-27,56-57H2,1-6H3,(H,58,64)(H,59,65)/t43-,44-,45?,46?/m1/s1. The zero-order chi connectivity index (χ0) is 49.4. The van der Waals surface area contributed by atoms with Crippen LogP contribution in [0.5, 0.6) is 0 Å². The smallest absolute Gasteiger partial charge is 0.410 e. The number of benzene rings is 4. The maximum atomic E-state index is 16.6. The van der Waals surface area contributed by atoms with Crippen molar-refractivity contribution in [3.63, 3.8) is 0 Å². The molecule has 0 saturated carbocycles. The predicted molar refractivity (Wildman–Crippen MR) is 265 cm³/mol. The van der Waals surface area contributed by atoms with E-state index in [-0.39, 0.29) is 28.9 Å². The van der Waals surface area contributed by atoms with Gasteiger partial charge in [-0.1, -0.05) is 42.5 Å². The van der Waals surface area contributed by atoms with Gasteiger partial charge in [0.15, 0.2) is 11.6 Å². The van der Waals surface area contributed by atoms with Gasteiger partial charge in [0.2, 0.25) is 11.8 Å². The molecular formula is C53H66F2N8O6. The summed E-state index contributed by atoms with van der Waals surface area (Å²) in [5.74, 6) is -1.78. The lowest BCUT2D eigenvalue weighted by Gasteiger charge is -2.36. The molecule has 4 aliphatic heterocycles. The third-order valence-electron chi connectivity index (χ3n) is 13.6. The van der Waals surface area contributed by atoms with E-state index in [0.29, 0.717) is 87.7 Å². The van der Waals surface area contributed by atoms with Crippen LogP contribution in [0.15, 0.2) is 78.9 Å². The second kappa shape index (κ2) is 19.8. The molecule has 0 bridgehead atoms. The molecule has 0 spiro atoms. The number of halogens is 2. The largest absolute Gasteiger partial charge is 0.444 e. The molecule has 4 heterocycles. The third kappa shape index (κ3) is 11.0. The molecule has 6 N–H and O–H groups in total. The number of rotatable bonds is 9. The molecule has 4 amide bonds. The molecule has 4 aromatic rings. The molecule has 4 aliphatic rings. The van der Waals surface area contributed by atoms with Gasteiger partial charge in [0.05, 0.1) is 34.8 Å². The van der Waals surface area contributed by atoms with Crippen LogP contribution in [-0.2, 0) is 19.1 Å². The fourth-order valence-electron chi connectivity index (χ4n) is 10.4. The molecule has 8 rings (SSSR count). The first kappa shape index (κ1) is 48.9. The van der Waals surface area contributed by atoms with Crippen molar-refractivity contribution in [2.24, 2.45) is 0 Å². The summed E-state index contributed by atoms with van der Waals surface area (Å²) in [4.78, 5) is 59.9. The average Bonchev–Trinajstić information content (AvgIpc) is 4.08. The topological polar surface area (TPSA) is 176 Å². The number of nitrogen functional groups attached to an aromatic ring is 2. The van der Waals surface area contributed by atoms with Crippen LogP contribution in [0.3, 0.4) is 0 Å². The van der Waals surface area contributed by atoms with Crippen molar-refractivity contribution in [2.75, 3.05) is 58.1 Å².